The highest BCUT2D eigenvalue weighted by atomic mass is 16.6. The van der Waals surface area contributed by atoms with Gasteiger partial charge in [0.1, 0.15) is 6.61 Å². The Morgan fingerprint density at radius 3 is 2.20 bits per heavy atom. The first-order valence-corrected chi connectivity index (χ1v) is 7.98. The summed E-state index contributed by atoms with van der Waals surface area (Å²) >= 11 is 0. The molecule has 6 nitrogen and oxygen atoms in total. The average Bonchev–Trinajstić information content (AvgIpc) is 2.65. The van der Waals surface area contributed by atoms with Crippen LogP contribution >= 0.6 is 0 Å². The summed E-state index contributed by atoms with van der Waals surface area (Å²) in [6.07, 6.45) is -2.27. The van der Waals surface area contributed by atoms with Gasteiger partial charge in [0.05, 0.1) is 12.6 Å². The minimum atomic E-state index is -1.54. The van der Waals surface area contributed by atoms with Gasteiger partial charge in [-0.3, -0.25) is 0 Å². The fraction of sp³-hybridized carbons (Fsp3) is 0.263. The second-order valence-electron chi connectivity index (χ2n) is 5.29. The van der Waals surface area contributed by atoms with Crippen LogP contribution in [0.15, 0.2) is 60.7 Å². The minimum absolute atomic E-state index is 0.0870. The van der Waals surface area contributed by atoms with Crippen molar-refractivity contribution in [2.45, 2.75) is 25.7 Å². The number of aliphatic hydroxyl groups excluding tert-OH is 1. The molecule has 0 aliphatic carbocycles. The molecule has 0 radical (unpaired) electrons. The van der Waals surface area contributed by atoms with E-state index in [-0.39, 0.29) is 13.2 Å². The second kappa shape index (κ2) is 9.44. The third-order valence-corrected chi connectivity index (χ3v) is 3.49. The smallest absolute Gasteiger partial charge is 0.408 e. The summed E-state index contributed by atoms with van der Waals surface area (Å²) in [7, 11) is 0. The summed E-state index contributed by atoms with van der Waals surface area (Å²) in [5.41, 5.74) is 1.40. The number of rotatable bonds is 7. The molecule has 2 atom stereocenters. The van der Waals surface area contributed by atoms with E-state index >= 15 is 0 Å². The van der Waals surface area contributed by atoms with Crippen molar-refractivity contribution in [1.29, 1.82) is 0 Å². The van der Waals surface area contributed by atoms with Crippen LogP contribution in [0.2, 0.25) is 0 Å². The number of carbonyl (C=O) groups is 2. The number of alkyl carbamates (subject to hydrolysis) is 1. The van der Waals surface area contributed by atoms with Gasteiger partial charge in [0.25, 0.3) is 0 Å². The maximum atomic E-state index is 12.1. The molecular formula is C19H21NO5. The van der Waals surface area contributed by atoms with Crippen molar-refractivity contribution in [2.75, 3.05) is 6.61 Å². The molecule has 0 heterocycles. The number of aliphatic hydroxyl groups is 1. The highest BCUT2D eigenvalue weighted by Gasteiger charge is 2.30. The van der Waals surface area contributed by atoms with E-state index in [1.165, 1.54) is 0 Å². The number of benzene rings is 2. The molecule has 0 fully saturated rings. The Bertz CT molecular complexity index is 675. The van der Waals surface area contributed by atoms with Gasteiger partial charge >= 0.3 is 12.1 Å². The number of hydrogen-bond donors (Lipinski definition) is 2. The van der Waals surface area contributed by atoms with Gasteiger partial charge in [-0.25, -0.2) is 9.59 Å². The summed E-state index contributed by atoms with van der Waals surface area (Å²) in [6, 6.07) is 16.9. The van der Waals surface area contributed by atoms with E-state index in [4.69, 9.17) is 9.47 Å². The molecule has 0 aromatic heterocycles. The van der Waals surface area contributed by atoms with Crippen LogP contribution in [0.4, 0.5) is 4.79 Å². The Balaban J connectivity index is 2.05. The molecule has 0 spiro atoms. The second-order valence-corrected chi connectivity index (χ2v) is 5.29. The summed E-state index contributed by atoms with van der Waals surface area (Å²) in [4.78, 5) is 23.9. The lowest BCUT2D eigenvalue weighted by molar-refractivity contribution is -0.154. The summed E-state index contributed by atoms with van der Waals surface area (Å²) in [6.45, 7) is 1.86. The van der Waals surface area contributed by atoms with Crippen molar-refractivity contribution in [3.63, 3.8) is 0 Å². The molecule has 2 rings (SSSR count). The zero-order valence-electron chi connectivity index (χ0n) is 13.9. The van der Waals surface area contributed by atoms with E-state index in [0.29, 0.717) is 5.56 Å². The van der Waals surface area contributed by atoms with Gasteiger partial charge in [0.15, 0.2) is 6.10 Å². The maximum absolute atomic E-state index is 12.1. The molecule has 2 aromatic carbocycles. The zero-order chi connectivity index (χ0) is 18.1. The molecule has 1 amide bonds. The monoisotopic (exact) mass is 343 g/mol. The van der Waals surface area contributed by atoms with Gasteiger partial charge in [-0.05, 0) is 18.1 Å². The van der Waals surface area contributed by atoms with Crippen LogP contribution in [0.1, 0.15) is 24.1 Å². The molecule has 132 valence electrons. The molecule has 2 aromatic rings. The van der Waals surface area contributed by atoms with Crippen molar-refractivity contribution < 1.29 is 24.2 Å². The number of carbonyl (C=O) groups excluding carboxylic acids is 2. The summed E-state index contributed by atoms with van der Waals surface area (Å²) in [5.74, 6) is -0.806. The van der Waals surface area contributed by atoms with E-state index in [9.17, 15) is 14.7 Å². The maximum Gasteiger partial charge on any atom is 0.408 e. The van der Waals surface area contributed by atoms with Crippen molar-refractivity contribution in [3.05, 3.63) is 71.8 Å². The van der Waals surface area contributed by atoms with Crippen LogP contribution in [0, 0.1) is 0 Å². The van der Waals surface area contributed by atoms with E-state index in [0.717, 1.165) is 5.56 Å². The van der Waals surface area contributed by atoms with E-state index < -0.39 is 24.2 Å². The highest BCUT2D eigenvalue weighted by molar-refractivity contribution is 5.77. The molecule has 0 saturated heterocycles. The van der Waals surface area contributed by atoms with Gasteiger partial charge in [0, 0.05) is 0 Å². The van der Waals surface area contributed by atoms with E-state index in [1.807, 2.05) is 30.3 Å². The molecule has 0 unspecified atom stereocenters. The molecule has 25 heavy (non-hydrogen) atoms. The van der Waals surface area contributed by atoms with Gasteiger partial charge < -0.3 is 19.9 Å². The predicted octanol–water partition coefficient (Wildman–Crippen LogP) is 2.58. The molecule has 2 N–H and O–H groups in total. The Kier molecular flexibility index (Phi) is 6.98. The fourth-order valence-corrected chi connectivity index (χ4v) is 2.26. The fourth-order valence-electron chi connectivity index (χ4n) is 2.26. The Morgan fingerprint density at radius 1 is 1.00 bits per heavy atom. The van der Waals surface area contributed by atoms with Crippen LogP contribution in [-0.4, -0.2) is 29.9 Å². The lowest BCUT2D eigenvalue weighted by Gasteiger charge is -2.23. The van der Waals surface area contributed by atoms with Crippen molar-refractivity contribution in [1.82, 2.24) is 5.32 Å². The molecule has 6 heteroatoms. The first-order valence-electron chi connectivity index (χ1n) is 7.98. The standard InChI is InChI=1S/C19H21NO5/c1-2-24-18(22)17(21)16(15-11-7-4-8-12-15)20-19(23)25-13-14-9-5-3-6-10-14/h3-12,16-17,21H,2,13H2,1H3,(H,20,23)/t16-,17+/m0/s1. The number of nitrogens with one attached hydrogen (secondary N) is 1. The van der Waals surface area contributed by atoms with Gasteiger partial charge in [-0.1, -0.05) is 60.7 Å². The zero-order valence-corrected chi connectivity index (χ0v) is 13.9. The molecule has 0 aliphatic heterocycles. The summed E-state index contributed by atoms with van der Waals surface area (Å²) < 4.78 is 9.99. The number of ether oxygens (including phenoxy) is 2. The SMILES string of the molecule is CCOC(=O)[C@H](O)[C@@H](NC(=O)OCc1ccccc1)c1ccccc1. The van der Waals surface area contributed by atoms with Crippen LogP contribution in [0.25, 0.3) is 0 Å². The van der Waals surface area contributed by atoms with Gasteiger partial charge in [-0.2, -0.15) is 0 Å². The highest BCUT2D eigenvalue weighted by Crippen LogP contribution is 2.18. The molecule has 0 bridgehead atoms. The van der Waals surface area contributed by atoms with Crippen LogP contribution < -0.4 is 5.32 Å². The molecular weight excluding hydrogens is 322 g/mol. The minimum Gasteiger partial charge on any atom is -0.464 e. The quantitative estimate of drug-likeness (QED) is 0.755. The van der Waals surface area contributed by atoms with E-state index in [1.54, 1.807) is 37.3 Å². The molecule has 0 aliphatic rings. The number of esters is 1. The first kappa shape index (κ1) is 18.5. The van der Waals surface area contributed by atoms with Crippen molar-refractivity contribution in [2.24, 2.45) is 0 Å². The van der Waals surface area contributed by atoms with Crippen LogP contribution in [-0.2, 0) is 20.9 Å². The third kappa shape index (κ3) is 5.61. The van der Waals surface area contributed by atoms with Gasteiger partial charge in [-0.15, -0.1) is 0 Å². The van der Waals surface area contributed by atoms with Crippen LogP contribution in [0.3, 0.4) is 0 Å². The Labute approximate surface area is 146 Å². The van der Waals surface area contributed by atoms with Crippen molar-refractivity contribution >= 4 is 12.1 Å². The lowest BCUT2D eigenvalue weighted by atomic mass is 10.0. The van der Waals surface area contributed by atoms with Gasteiger partial charge in [0.2, 0.25) is 0 Å². The number of amides is 1. The number of hydrogen-bond acceptors (Lipinski definition) is 5. The normalized spacial score (nSPS) is 12.7. The predicted molar refractivity (Wildman–Crippen MR) is 91.6 cm³/mol. The Hall–Kier alpha value is -2.86. The molecule has 0 saturated carbocycles. The Morgan fingerprint density at radius 2 is 1.60 bits per heavy atom. The summed E-state index contributed by atoms with van der Waals surface area (Å²) in [5, 5.41) is 12.8. The topological polar surface area (TPSA) is 84.9 Å². The largest absolute Gasteiger partial charge is 0.464 e. The third-order valence-electron chi connectivity index (χ3n) is 3.49. The van der Waals surface area contributed by atoms with Crippen molar-refractivity contribution in [3.8, 4) is 0 Å². The van der Waals surface area contributed by atoms with Crippen LogP contribution in [0.5, 0.6) is 0 Å². The van der Waals surface area contributed by atoms with E-state index in [2.05, 4.69) is 5.32 Å². The first-order chi connectivity index (χ1) is 12.1. The lowest BCUT2D eigenvalue weighted by Crippen LogP contribution is -2.41. The average molecular weight is 343 g/mol.